The number of carbonyl (C=O) groups is 1. The van der Waals surface area contributed by atoms with Gasteiger partial charge < -0.3 is 4.74 Å². The number of cyclic esters (lactones) is 1. The summed E-state index contributed by atoms with van der Waals surface area (Å²) in [4.78, 5) is 11.0. The molecule has 1 aliphatic rings. The van der Waals surface area contributed by atoms with Crippen molar-refractivity contribution in [1.29, 1.82) is 0 Å². The van der Waals surface area contributed by atoms with Crippen LogP contribution in [0.25, 0.3) is 0 Å². The fraction of sp³-hybridized carbons (Fsp3) is 0.900. The first-order valence-electron chi connectivity index (χ1n) is 5.35. The molecule has 0 N–H and O–H groups in total. The SMILES string of the molecule is CC(C)CC(OS(C)(=O)=O)C1CCC(=O)O1. The number of hydrogen-bond acceptors (Lipinski definition) is 5. The van der Waals surface area contributed by atoms with Gasteiger partial charge in [-0.25, -0.2) is 0 Å². The van der Waals surface area contributed by atoms with Crippen molar-refractivity contribution in [1.82, 2.24) is 0 Å². The van der Waals surface area contributed by atoms with Gasteiger partial charge in [0.25, 0.3) is 10.1 Å². The van der Waals surface area contributed by atoms with E-state index in [1.807, 2.05) is 13.8 Å². The van der Waals surface area contributed by atoms with Crippen LogP contribution in [-0.4, -0.2) is 32.9 Å². The van der Waals surface area contributed by atoms with Gasteiger partial charge in [-0.3, -0.25) is 8.98 Å². The summed E-state index contributed by atoms with van der Waals surface area (Å²) in [6.07, 6.45) is 1.46. The smallest absolute Gasteiger partial charge is 0.306 e. The Balaban J connectivity index is 2.67. The molecule has 0 amide bonds. The van der Waals surface area contributed by atoms with Gasteiger partial charge in [-0.15, -0.1) is 0 Å². The first-order chi connectivity index (χ1) is 7.28. The number of hydrogen-bond donors (Lipinski definition) is 0. The normalized spacial score (nSPS) is 23.5. The van der Waals surface area contributed by atoms with Crippen molar-refractivity contribution < 1.29 is 22.1 Å². The van der Waals surface area contributed by atoms with Crippen molar-refractivity contribution in [2.45, 2.75) is 45.3 Å². The molecule has 2 unspecified atom stereocenters. The van der Waals surface area contributed by atoms with Crippen LogP contribution in [0.2, 0.25) is 0 Å². The number of ether oxygens (including phenoxy) is 1. The minimum atomic E-state index is -3.52. The molecule has 0 radical (unpaired) electrons. The zero-order valence-electron chi connectivity index (χ0n) is 9.80. The van der Waals surface area contributed by atoms with E-state index in [2.05, 4.69) is 0 Å². The van der Waals surface area contributed by atoms with Crippen molar-refractivity contribution in [2.75, 3.05) is 6.26 Å². The van der Waals surface area contributed by atoms with Gasteiger partial charge in [0.2, 0.25) is 0 Å². The van der Waals surface area contributed by atoms with Crippen molar-refractivity contribution >= 4 is 16.1 Å². The molecule has 0 bridgehead atoms. The molecule has 6 heteroatoms. The zero-order chi connectivity index (χ0) is 12.3. The maximum atomic E-state index is 11.1. The first kappa shape index (κ1) is 13.4. The summed E-state index contributed by atoms with van der Waals surface area (Å²) >= 11 is 0. The Hall–Kier alpha value is -0.620. The predicted molar refractivity (Wildman–Crippen MR) is 58.3 cm³/mol. The van der Waals surface area contributed by atoms with Gasteiger partial charge in [-0.1, -0.05) is 13.8 Å². The molecule has 0 aliphatic carbocycles. The van der Waals surface area contributed by atoms with Crippen LogP contribution in [0.5, 0.6) is 0 Å². The molecule has 1 fully saturated rings. The fourth-order valence-corrected chi connectivity index (χ4v) is 2.40. The third-order valence-corrected chi connectivity index (χ3v) is 2.93. The number of rotatable bonds is 5. The molecule has 0 aromatic carbocycles. The third-order valence-electron chi connectivity index (χ3n) is 2.33. The van der Waals surface area contributed by atoms with Gasteiger partial charge in [0.15, 0.2) is 0 Å². The van der Waals surface area contributed by atoms with E-state index in [-0.39, 0.29) is 11.9 Å². The average Bonchev–Trinajstić information content (AvgIpc) is 2.47. The van der Waals surface area contributed by atoms with Crippen LogP contribution < -0.4 is 0 Å². The largest absolute Gasteiger partial charge is 0.460 e. The van der Waals surface area contributed by atoms with Crippen LogP contribution in [0.4, 0.5) is 0 Å². The minimum absolute atomic E-state index is 0.282. The Bertz CT molecular complexity index is 346. The molecule has 1 aliphatic heterocycles. The Morgan fingerprint density at radius 1 is 1.50 bits per heavy atom. The van der Waals surface area contributed by atoms with Crippen LogP contribution in [0.3, 0.4) is 0 Å². The molecule has 0 aromatic heterocycles. The molecular formula is C10H18O5S. The van der Waals surface area contributed by atoms with E-state index < -0.39 is 22.3 Å². The van der Waals surface area contributed by atoms with Gasteiger partial charge in [-0.2, -0.15) is 8.42 Å². The maximum Gasteiger partial charge on any atom is 0.306 e. The fourth-order valence-electron chi connectivity index (χ4n) is 1.75. The summed E-state index contributed by atoms with van der Waals surface area (Å²) in [5.41, 5.74) is 0. The second-order valence-electron chi connectivity index (χ2n) is 4.54. The number of esters is 1. The molecule has 1 heterocycles. The second-order valence-corrected chi connectivity index (χ2v) is 6.14. The lowest BCUT2D eigenvalue weighted by Gasteiger charge is -2.22. The van der Waals surface area contributed by atoms with E-state index in [1.165, 1.54) is 0 Å². The molecule has 1 rings (SSSR count). The van der Waals surface area contributed by atoms with E-state index in [0.29, 0.717) is 19.3 Å². The van der Waals surface area contributed by atoms with E-state index in [0.717, 1.165) is 6.26 Å². The summed E-state index contributed by atoms with van der Waals surface area (Å²) < 4.78 is 32.2. The maximum absolute atomic E-state index is 11.1. The summed E-state index contributed by atoms with van der Waals surface area (Å²) in [5, 5.41) is 0. The van der Waals surface area contributed by atoms with Gasteiger partial charge in [0.05, 0.1) is 6.26 Å². The predicted octanol–water partition coefficient (Wildman–Crippen LogP) is 1.08. The molecule has 1 saturated heterocycles. The van der Waals surface area contributed by atoms with Crippen molar-refractivity contribution in [3.8, 4) is 0 Å². The highest BCUT2D eigenvalue weighted by Crippen LogP contribution is 2.24. The lowest BCUT2D eigenvalue weighted by molar-refractivity contribution is -0.144. The van der Waals surface area contributed by atoms with Gasteiger partial charge in [-0.05, 0) is 18.8 Å². The number of carbonyl (C=O) groups excluding carboxylic acids is 1. The quantitative estimate of drug-likeness (QED) is 0.539. The van der Waals surface area contributed by atoms with E-state index in [1.54, 1.807) is 0 Å². The minimum Gasteiger partial charge on any atom is -0.460 e. The molecule has 0 saturated carbocycles. The van der Waals surface area contributed by atoms with Gasteiger partial charge in [0, 0.05) is 6.42 Å². The molecular weight excluding hydrogens is 232 g/mol. The highest BCUT2D eigenvalue weighted by Gasteiger charge is 2.34. The van der Waals surface area contributed by atoms with Crippen molar-refractivity contribution in [2.24, 2.45) is 5.92 Å². The first-order valence-corrected chi connectivity index (χ1v) is 7.17. The summed E-state index contributed by atoms with van der Waals surface area (Å²) in [6, 6.07) is 0. The van der Waals surface area contributed by atoms with Gasteiger partial charge in [0.1, 0.15) is 12.2 Å². The molecule has 0 aromatic rings. The molecule has 5 nitrogen and oxygen atoms in total. The standard InChI is InChI=1S/C10H18O5S/c1-7(2)6-9(15-16(3,12)13)8-4-5-10(11)14-8/h7-9H,4-6H2,1-3H3. The summed E-state index contributed by atoms with van der Waals surface area (Å²) in [5.74, 6) is 0.00177. The summed E-state index contributed by atoms with van der Waals surface area (Å²) in [7, 11) is -3.52. The summed E-state index contributed by atoms with van der Waals surface area (Å²) in [6.45, 7) is 3.94. The average molecular weight is 250 g/mol. The van der Waals surface area contributed by atoms with Gasteiger partial charge >= 0.3 is 5.97 Å². The van der Waals surface area contributed by atoms with E-state index in [9.17, 15) is 13.2 Å². The topological polar surface area (TPSA) is 69.7 Å². The lowest BCUT2D eigenvalue weighted by Crippen LogP contribution is -2.32. The molecule has 94 valence electrons. The molecule has 0 spiro atoms. The Morgan fingerprint density at radius 3 is 2.50 bits per heavy atom. The zero-order valence-corrected chi connectivity index (χ0v) is 10.6. The van der Waals surface area contributed by atoms with Crippen molar-refractivity contribution in [3.63, 3.8) is 0 Å². The molecule has 16 heavy (non-hydrogen) atoms. The van der Waals surface area contributed by atoms with Crippen LogP contribution in [0, 0.1) is 5.92 Å². The second kappa shape index (κ2) is 5.14. The van der Waals surface area contributed by atoms with E-state index >= 15 is 0 Å². The van der Waals surface area contributed by atoms with Crippen LogP contribution >= 0.6 is 0 Å². The van der Waals surface area contributed by atoms with Crippen molar-refractivity contribution in [3.05, 3.63) is 0 Å². The molecule has 2 atom stereocenters. The van der Waals surface area contributed by atoms with Crippen LogP contribution in [-0.2, 0) is 23.8 Å². The van der Waals surface area contributed by atoms with Crippen LogP contribution in [0.1, 0.15) is 33.1 Å². The Labute approximate surface area is 96.2 Å². The Morgan fingerprint density at radius 2 is 2.12 bits per heavy atom. The monoisotopic (exact) mass is 250 g/mol. The highest BCUT2D eigenvalue weighted by molar-refractivity contribution is 7.86. The Kier molecular flexibility index (Phi) is 4.32. The highest BCUT2D eigenvalue weighted by atomic mass is 32.2. The lowest BCUT2D eigenvalue weighted by atomic mass is 10.0. The van der Waals surface area contributed by atoms with E-state index in [4.69, 9.17) is 8.92 Å². The van der Waals surface area contributed by atoms with Crippen LogP contribution in [0.15, 0.2) is 0 Å². The third kappa shape index (κ3) is 4.49.